The van der Waals surface area contributed by atoms with Crippen LogP contribution in [-0.4, -0.2) is 58.0 Å². The third kappa shape index (κ3) is 10.1. The Hall–Kier alpha value is 0.279. The van der Waals surface area contributed by atoms with Crippen molar-refractivity contribution < 1.29 is 40.6 Å². The van der Waals surface area contributed by atoms with Crippen molar-refractivity contribution in [3.05, 3.63) is 0 Å². The van der Waals surface area contributed by atoms with Crippen molar-refractivity contribution in [2.24, 2.45) is 0 Å². The van der Waals surface area contributed by atoms with Crippen LogP contribution in [0.3, 0.4) is 0 Å². The normalized spacial score (nSPS) is 14.3. The van der Waals surface area contributed by atoms with E-state index in [1.807, 2.05) is 41.5 Å². The van der Waals surface area contributed by atoms with Crippen LogP contribution < -0.4 is 0 Å². The van der Waals surface area contributed by atoms with Gasteiger partial charge in [-0.05, 0) is 0 Å². The van der Waals surface area contributed by atoms with E-state index in [4.69, 9.17) is 25.7 Å². The van der Waals surface area contributed by atoms with E-state index in [1.54, 1.807) is 21.3 Å². The van der Waals surface area contributed by atoms with E-state index in [2.05, 4.69) is 0 Å². The summed E-state index contributed by atoms with van der Waals surface area (Å²) in [6, 6.07) is 0. The van der Waals surface area contributed by atoms with Gasteiger partial charge in [0.1, 0.15) is 0 Å². The molecule has 0 aliphatic rings. The molecule has 6 nitrogen and oxygen atoms in total. The molecule has 7 heteroatoms. The molecule has 0 aromatic rings. The Morgan fingerprint density at radius 3 is 0.955 bits per heavy atom. The van der Waals surface area contributed by atoms with Crippen LogP contribution in [0, 0.1) is 0 Å². The summed E-state index contributed by atoms with van der Waals surface area (Å²) in [5.41, 5.74) is -1.54. The summed E-state index contributed by atoms with van der Waals surface area (Å²) in [5.74, 6) is 0. The van der Waals surface area contributed by atoms with E-state index in [0.717, 1.165) is 0 Å². The van der Waals surface area contributed by atoms with Gasteiger partial charge in [-0.25, -0.2) is 0 Å². The summed E-state index contributed by atoms with van der Waals surface area (Å²) in [5, 5.41) is 0. The second kappa shape index (κ2) is 9.55. The Bertz CT molecular complexity index is 259. The molecule has 0 aromatic carbocycles. The average Bonchev–Trinajstić information content (AvgIpc) is 2.25. The van der Waals surface area contributed by atoms with Crippen LogP contribution in [0.1, 0.15) is 41.5 Å². The first-order chi connectivity index (χ1) is 9.97. The van der Waals surface area contributed by atoms with Crippen LogP contribution >= 0.6 is 0 Å². The second-order valence-electron chi connectivity index (χ2n) is 6.97. The van der Waals surface area contributed by atoms with Crippen molar-refractivity contribution in [1.82, 2.24) is 0 Å². The Morgan fingerprint density at radius 1 is 0.545 bits per heavy atom. The summed E-state index contributed by atoms with van der Waals surface area (Å²) in [7, 11) is 4.92. The molecule has 0 aliphatic heterocycles. The number of hydrogen-bond acceptors (Lipinski definition) is 6. The van der Waals surface area contributed by atoms with Gasteiger partial charge in [0.15, 0.2) is 0 Å². The maximum atomic E-state index is 6.05. The van der Waals surface area contributed by atoms with Crippen LogP contribution in [0.25, 0.3) is 0 Å². The van der Waals surface area contributed by atoms with Gasteiger partial charge in [-0.2, -0.15) is 0 Å². The molecule has 0 heterocycles. The predicted octanol–water partition coefficient (Wildman–Crippen LogP) is 2.67. The molecule has 0 saturated carbocycles. The van der Waals surface area contributed by atoms with Crippen molar-refractivity contribution in [3.63, 3.8) is 0 Å². The Balaban J connectivity index is 4.98. The van der Waals surface area contributed by atoms with Crippen LogP contribution in [0.2, 0.25) is 0 Å². The standard InChI is InChI=1S/3C5H11O2.Fe/c3*1-5(2,6)4-7-3;/h3*4H2,1-3H3;/q3*-1;+3. The summed E-state index contributed by atoms with van der Waals surface area (Å²) < 4.78 is 33.7. The number of methoxy groups -OCH3 is 3. The van der Waals surface area contributed by atoms with E-state index in [0.29, 0.717) is 19.8 Å². The van der Waals surface area contributed by atoms with Crippen molar-refractivity contribution in [1.29, 1.82) is 0 Å². The fourth-order valence-electron chi connectivity index (χ4n) is 1.63. The third-order valence-corrected chi connectivity index (χ3v) is 4.62. The molecule has 0 atom stereocenters. The van der Waals surface area contributed by atoms with Crippen LogP contribution in [-0.2, 0) is 40.6 Å². The molecule has 0 N–H and O–H groups in total. The summed E-state index contributed by atoms with van der Waals surface area (Å²) in [6.07, 6.45) is 0. The minimum atomic E-state index is -1.81. The van der Waals surface area contributed by atoms with Gasteiger partial charge < -0.3 is 0 Å². The maximum absolute atomic E-state index is 6.05. The molecule has 0 unspecified atom stereocenters. The molecule has 0 aliphatic carbocycles. The predicted molar refractivity (Wildman–Crippen MR) is 81.1 cm³/mol. The van der Waals surface area contributed by atoms with Gasteiger partial charge in [-0.1, -0.05) is 0 Å². The molecule has 0 amide bonds. The van der Waals surface area contributed by atoms with Gasteiger partial charge in [0.25, 0.3) is 0 Å². The van der Waals surface area contributed by atoms with Gasteiger partial charge in [-0.15, -0.1) is 0 Å². The summed E-state index contributed by atoms with van der Waals surface area (Å²) in [6.45, 7) is 13.0. The van der Waals surface area contributed by atoms with Gasteiger partial charge >= 0.3 is 140 Å². The number of hydrogen-bond donors (Lipinski definition) is 0. The van der Waals surface area contributed by atoms with Crippen molar-refractivity contribution in [2.75, 3.05) is 41.2 Å². The number of rotatable bonds is 12. The molecule has 137 valence electrons. The molecular weight excluding hydrogens is 332 g/mol. The van der Waals surface area contributed by atoms with Gasteiger partial charge in [0.05, 0.1) is 0 Å². The molecule has 0 spiro atoms. The van der Waals surface area contributed by atoms with E-state index >= 15 is 0 Å². The fourth-order valence-corrected chi connectivity index (χ4v) is 3.46. The van der Waals surface area contributed by atoms with E-state index in [1.165, 1.54) is 0 Å². The zero-order valence-electron chi connectivity index (χ0n) is 15.4. The zero-order valence-corrected chi connectivity index (χ0v) is 16.5. The molecule has 22 heavy (non-hydrogen) atoms. The first-order valence-electron chi connectivity index (χ1n) is 7.20. The van der Waals surface area contributed by atoms with Crippen LogP contribution in [0.15, 0.2) is 0 Å². The molecule has 0 aromatic heterocycles. The molecule has 0 radical (unpaired) electrons. The third-order valence-electron chi connectivity index (χ3n) is 2.24. The van der Waals surface area contributed by atoms with Gasteiger partial charge in [0.2, 0.25) is 0 Å². The SMILES string of the molecule is COCC(C)(C)[O][Fe]([O]C(C)(C)COC)[O]C(C)(C)COC. The molecule has 0 saturated heterocycles. The van der Waals surface area contributed by atoms with Crippen molar-refractivity contribution >= 4 is 0 Å². The van der Waals surface area contributed by atoms with E-state index in [9.17, 15) is 0 Å². The molecular formula is C15H33FeO6. The Kier molecular flexibility index (Phi) is 9.67. The Morgan fingerprint density at radius 2 is 0.773 bits per heavy atom. The minimum absolute atomic E-state index is 0.443. The van der Waals surface area contributed by atoms with Crippen LogP contribution in [0.4, 0.5) is 0 Å². The first-order valence-corrected chi connectivity index (χ1v) is 8.55. The first kappa shape index (κ1) is 22.3. The molecule has 0 rings (SSSR count). The van der Waals surface area contributed by atoms with E-state index in [-0.39, 0.29) is 0 Å². The van der Waals surface area contributed by atoms with Gasteiger partial charge in [0, 0.05) is 0 Å². The second-order valence-corrected chi connectivity index (χ2v) is 8.20. The topological polar surface area (TPSA) is 55.4 Å². The monoisotopic (exact) mass is 365 g/mol. The van der Waals surface area contributed by atoms with Crippen molar-refractivity contribution in [2.45, 2.75) is 58.3 Å². The quantitative estimate of drug-likeness (QED) is 0.496. The van der Waals surface area contributed by atoms with Crippen molar-refractivity contribution in [3.8, 4) is 0 Å². The average molecular weight is 365 g/mol. The number of ether oxygens (including phenoxy) is 3. The van der Waals surface area contributed by atoms with E-state index < -0.39 is 31.7 Å². The summed E-state index contributed by atoms with van der Waals surface area (Å²) >= 11 is -1.81. The van der Waals surface area contributed by atoms with Gasteiger partial charge in [-0.3, -0.25) is 0 Å². The molecule has 0 fully saturated rings. The molecule has 0 bridgehead atoms. The van der Waals surface area contributed by atoms with Crippen LogP contribution in [0.5, 0.6) is 0 Å². The zero-order chi connectivity index (χ0) is 17.4. The fraction of sp³-hybridized carbons (Fsp3) is 1.00. The Labute approximate surface area is 140 Å². The summed E-state index contributed by atoms with van der Waals surface area (Å²) in [4.78, 5) is 0.